The summed E-state index contributed by atoms with van der Waals surface area (Å²) < 4.78 is 4.08. The van der Waals surface area contributed by atoms with Crippen molar-refractivity contribution >= 4 is 5.91 Å². The van der Waals surface area contributed by atoms with Crippen LogP contribution in [0.15, 0.2) is 30.5 Å². The first-order valence-electron chi connectivity index (χ1n) is 10.5. The first-order chi connectivity index (χ1) is 14.2. The van der Waals surface area contributed by atoms with E-state index in [0.717, 1.165) is 42.4 Å². The molecule has 0 radical (unpaired) electrons. The summed E-state index contributed by atoms with van der Waals surface area (Å²) in [6.07, 6.45) is 7.67. The Kier molecular flexibility index (Phi) is 5.74. The molecule has 0 bridgehead atoms. The van der Waals surface area contributed by atoms with E-state index in [1.807, 2.05) is 23.7 Å². The Labute approximate surface area is 171 Å². The molecular formula is C22H28N6O. The maximum Gasteiger partial charge on any atom is 0.254 e. The van der Waals surface area contributed by atoms with E-state index in [2.05, 4.69) is 44.2 Å². The van der Waals surface area contributed by atoms with Gasteiger partial charge in [0.2, 0.25) is 0 Å². The zero-order valence-corrected chi connectivity index (χ0v) is 17.2. The van der Waals surface area contributed by atoms with Crippen LogP contribution in [0.25, 0.3) is 5.69 Å². The van der Waals surface area contributed by atoms with Gasteiger partial charge in [0, 0.05) is 25.9 Å². The van der Waals surface area contributed by atoms with Crippen molar-refractivity contribution in [3.8, 4) is 5.69 Å². The lowest BCUT2D eigenvalue weighted by Crippen LogP contribution is -2.27. The van der Waals surface area contributed by atoms with E-state index in [-0.39, 0.29) is 5.91 Å². The molecule has 0 unspecified atom stereocenters. The Bertz CT molecular complexity index is 985. The van der Waals surface area contributed by atoms with Crippen LogP contribution in [0.5, 0.6) is 0 Å². The number of nitrogens with one attached hydrogen (secondary N) is 1. The Balaban J connectivity index is 1.43. The van der Waals surface area contributed by atoms with Crippen molar-refractivity contribution in [2.45, 2.75) is 58.9 Å². The van der Waals surface area contributed by atoms with Crippen LogP contribution in [0.1, 0.15) is 59.5 Å². The summed E-state index contributed by atoms with van der Waals surface area (Å²) in [5.74, 6) is 1.96. The van der Waals surface area contributed by atoms with Gasteiger partial charge >= 0.3 is 0 Å². The minimum Gasteiger partial charge on any atom is -0.351 e. The van der Waals surface area contributed by atoms with E-state index in [1.165, 1.54) is 24.8 Å². The van der Waals surface area contributed by atoms with E-state index in [9.17, 15) is 4.79 Å². The Morgan fingerprint density at radius 3 is 2.76 bits per heavy atom. The van der Waals surface area contributed by atoms with Crippen LogP contribution in [0.3, 0.4) is 0 Å². The van der Waals surface area contributed by atoms with Crippen molar-refractivity contribution in [3.05, 3.63) is 58.9 Å². The van der Waals surface area contributed by atoms with E-state index in [1.54, 1.807) is 6.20 Å². The first kappa shape index (κ1) is 19.4. The number of carbonyl (C=O) groups is 1. The number of hydrogen-bond donors (Lipinski definition) is 1. The van der Waals surface area contributed by atoms with E-state index >= 15 is 0 Å². The molecule has 1 amide bonds. The molecule has 7 nitrogen and oxygen atoms in total. The topological polar surface area (TPSA) is 77.6 Å². The smallest absolute Gasteiger partial charge is 0.254 e. The van der Waals surface area contributed by atoms with Crippen LogP contribution >= 0.6 is 0 Å². The number of amides is 1. The first-order valence-corrected chi connectivity index (χ1v) is 10.5. The highest BCUT2D eigenvalue weighted by molar-refractivity contribution is 5.95. The van der Waals surface area contributed by atoms with Gasteiger partial charge in [-0.3, -0.25) is 4.79 Å². The second-order valence-electron chi connectivity index (χ2n) is 7.61. The predicted octanol–water partition coefficient (Wildman–Crippen LogP) is 3.03. The minimum absolute atomic E-state index is 0.0872. The number of aromatic nitrogens is 5. The fraction of sp³-hybridized carbons (Fsp3) is 0.455. The highest BCUT2D eigenvalue weighted by Gasteiger charge is 2.18. The average Bonchev–Trinajstić information content (AvgIpc) is 3.25. The highest BCUT2D eigenvalue weighted by atomic mass is 16.1. The van der Waals surface area contributed by atoms with E-state index in [4.69, 9.17) is 0 Å². The van der Waals surface area contributed by atoms with Crippen molar-refractivity contribution in [2.24, 2.45) is 0 Å². The normalized spacial score (nSPS) is 13.7. The van der Waals surface area contributed by atoms with Crippen LogP contribution < -0.4 is 5.32 Å². The zero-order chi connectivity index (χ0) is 20.2. The van der Waals surface area contributed by atoms with Crippen molar-refractivity contribution in [2.75, 3.05) is 6.54 Å². The predicted molar refractivity (Wildman–Crippen MR) is 111 cm³/mol. The van der Waals surface area contributed by atoms with Gasteiger partial charge in [0.15, 0.2) is 0 Å². The number of hydrogen-bond acceptors (Lipinski definition) is 4. The molecule has 0 saturated carbocycles. The number of aryl methyl sites for hydroxylation is 2. The minimum atomic E-state index is -0.0872. The van der Waals surface area contributed by atoms with Gasteiger partial charge in [-0.05, 0) is 38.3 Å². The summed E-state index contributed by atoms with van der Waals surface area (Å²) in [6.45, 7) is 5.62. The van der Waals surface area contributed by atoms with E-state index < -0.39 is 0 Å². The summed E-state index contributed by atoms with van der Waals surface area (Å²) in [6, 6.07) is 8.16. The van der Waals surface area contributed by atoms with Gasteiger partial charge in [0.05, 0.1) is 23.1 Å². The van der Waals surface area contributed by atoms with Gasteiger partial charge in [-0.1, -0.05) is 31.0 Å². The number of fused-ring (bicyclic) bond motifs is 1. The van der Waals surface area contributed by atoms with Gasteiger partial charge in [-0.15, -0.1) is 10.2 Å². The molecule has 4 rings (SSSR count). The Hall–Kier alpha value is -2.96. The zero-order valence-electron chi connectivity index (χ0n) is 17.2. The molecule has 0 fully saturated rings. The van der Waals surface area contributed by atoms with Crippen molar-refractivity contribution in [1.29, 1.82) is 0 Å². The lowest BCUT2D eigenvalue weighted by Gasteiger charge is -2.10. The average molecular weight is 393 g/mol. The molecule has 1 N–H and O–H groups in total. The van der Waals surface area contributed by atoms with Crippen LogP contribution in [0, 0.1) is 6.92 Å². The third kappa shape index (κ3) is 4.09. The maximum absolute atomic E-state index is 12.8. The second kappa shape index (κ2) is 8.59. The molecule has 0 aliphatic carbocycles. The monoisotopic (exact) mass is 392 g/mol. The van der Waals surface area contributed by atoms with Crippen LogP contribution in [0.2, 0.25) is 0 Å². The fourth-order valence-electron chi connectivity index (χ4n) is 3.93. The molecule has 1 aromatic carbocycles. The molecule has 152 valence electrons. The van der Waals surface area contributed by atoms with Crippen LogP contribution in [-0.2, 0) is 25.8 Å². The van der Waals surface area contributed by atoms with Gasteiger partial charge in [0.1, 0.15) is 11.6 Å². The summed E-state index contributed by atoms with van der Waals surface area (Å²) in [5.41, 5.74) is 3.72. The van der Waals surface area contributed by atoms with Crippen molar-refractivity contribution in [3.63, 3.8) is 0 Å². The molecular weight excluding hydrogens is 364 g/mol. The van der Waals surface area contributed by atoms with Crippen molar-refractivity contribution < 1.29 is 4.79 Å². The van der Waals surface area contributed by atoms with Crippen LogP contribution in [-0.4, -0.2) is 37.0 Å². The highest BCUT2D eigenvalue weighted by Crippen LogP contribution is 2.17. The quantitative estimate of drug-likeness (QED) is 0.699. The van der Waals surface area contributed by atoms with Crippen LogP contribution in [0.4, 0.5) is 0 Å². The molecule has 3 aromatic rings. The molecule has 29 heavy (non-hydrogen) atoms. The van der Waals surface area contributed by atoms with Gasteiger partial charge in [-0.25, -0.2) is 4.68 Å². The third-order valence-corrected chi connectivity index (χ3v) is 5.55. The number of carbonyl (C=O) groups excluding carboxylic acids is 1. The molecule has 0 saturated heterocycles. The Morgan fingerprint density at radius 1 is 1.14 bits per heavy atom. The standard InChI is InChI=1S/C22H28N6O/c1-3-19-18(15-24-28(19)17-10-8-16(2)9-11-17)22(29)23-13-12-21-26-25-20-7-5-4-6-14-27(20)21/h8-11,15H,3-7,12-14H2,1-2H3,(H,23,29). The summed E-state index contributed by atoms with van der Waals surface area (Å²) in [4.78, 5) is 12.8. The van der Waals surface area contributed by atoms with Crippen molar-refractivity contribution in [1.82, 2.24) is 29.9 Å². The largest absolute Gasteiger partial charge is 0.351 e. The third-order valence-electron chi connectivity index (χ3n) is 5.55. The van der Waals surface area contributed by atoms with Gasteiger partial charge in [0.25, 0.3) is 5.91 Å². The SMILES string of the molecule is CCc1c(C(=O)NCCc2nnc3n2CCCCC3)cnn1-c1ccc(C)cc1. The molecule has 0 atom stereocenters. The molecule has 1 aliphatic rings. The summed E-state index contributed by atoms with van der Waals surface area (Å²) >= 11 is 0. The number of nitrogens with zero attached hydrogens (tertiary/aromatic N) is 5. The maximum atomic E-state index is 12.8. The molecule has 3 heterocycles. The lowest BCUT2D eigenvalue weighted by molar-refractivity contribution is 0.0953. The lowest BCUT2D eigenvalue weighted by atomic mass is 10.1. The molecule has 2 aromatic heterocycles. The Morgan fingerprint density at radius 2 is 1.97 bits per heavy atom. The molecule has 0 spiro atoms. The fourth-order valence-corrected chi connectivity index (χ4v) is 3.93. The van der Waals surface area contributed by atoms with E-state index in [0.29, 0.717) is 18.5 Å². The van der Waals surface area contributed by atoms with Gasteiger partial charge < -0.3 is 9.88 Å². The molecule has 1 aliphatic heterocycles. The van der Waals surface area contributed by atoms with Gasteiger partial charge in [-0.2, -0.15) is 5.10 Å². The molecule has 7 heteroatoms. The number of rotatable bonds is 6. The summed E-state index contributed by atoms with van der Waals surface area (Å²) in [7, 11) is 0. The number of benzene rings is 1. The summed E-state index contributed by atoms with van der Waals surface area (Å²) in [5, 5.41) is 16.2. The second-order valence-corrected chi connectivity index (χ2v) is 7.61.